The molecule has 2 N–H and O–H groups in total. The predicted molar refractivity (Wildman–Crippen MR) is 83.5 cm³/mol. The number of ether oxygens (including phenoxy) is 3. The van der Waals surface area contributed by atoms with Gasteiger partial charge in [0.15, 0.2) is 0 Å². The van der Waals surface area contributed by atoms with Gasteiger partial charge in [0.25, 0.3) is 0 Å². The fourth-order valence-corrected chi connectivity index (χ4v) is 1.98. The smallest absolute Gasteiger partial charge is 0.111 e. The third kappa shape index (κ3) is 10.2. The second kappa shape index (κ2) is 13.5. The lowest BCUT2D eigenvalue weighted by Crippen LogP contribution is -2.44. The Bertz CT molecular complexity index is 223. The highest BCUT2D eigenvalue weighted by molar-refractivity contribution is 4.76. The van der Waals surface area contributed by atoms with Crippen molar-refractivity contribution in [3.63, 3.8) is 0 Å². The van der Waals surface area contributed by atoms with Gasteiger partial charge in [-0.25, -0.2) is 0 Å². The van der Waals surface area contributed by atoms with Crippen molar-refractivity contribution in [2.45, 2.75) is 77.8 Å². The summed E-state index contributed by atoms with van der Waals surface area (Å²) in [4.78, 5) is 0. The van der Waals surface area contributed by atoms with Crippen LogP contribution in [0.3, 0.4) is 0 Å². The van der Waals surface area contributed by atoms with Gasteiger partial charge in [-0.05, 0) is 26.7 Å². The minimum atomic E-state index is -0.688. The number of hydrogen-bond donors (Lipinski definition) is 2. The van der Waals surface area contributed by atoms with E-state index >= 15 is 0 Å². The summed E-state index contributed by atoms with van der Waals surface area (Å²) in [6.07, 6.45) is 2.21. The lowest BCUT2D eigenvalue weighted by atomic mass is 10.1. The van der Waals surface area contributed by atoms with Crippen LogP contribution in [0.1, 0.15) is 53.4 Å². The van der Waals surface area contributed by atoms with E-state index in [0.29, 0.717) is 13.2 Å². The molecule has 0 aromatic heterocycles. The third-order valence-corrected chi connectivity index (χ3v) is 3.23. The first-order valence-corrected chi connectivity index (χ1v) is 8.20. The Balaban J connectivity index is 4.21. The molecule has 0 aliphatic heterocycles. The van der Waals surface area contributed by atoms with E-state index in [9.17, 15) is 10.2 Å². The molecule has 0 aliphatic carbocycles. The van der Waals surface area contributed by atoms with Crippen LogP contribution in [-0.2, 0) is 14.2 Å². The maximum atomic E-state index is 9.82. The van der Waals surface area contributed by atoms with Gasteiger partial charge in [-0.3, -0.25) is 0 Å². The molecule has 0 rings (SSSR count). The highest BCUT2D eigenvalue weighted by Crippen LogP contribution is 2.12. The van der Waals surface area contributed by atoms with Crippen LogP contribution in [0.25, 0.3) is 0 Å². The van der Waals surface area contributed by atoms with Crippen LogP contribution < -0.4 is 0 Å². The van der Waals surface area contributed by atoms with Crippen LogP contribution in [0.5, 0.6) is 0 Å². The van der Waals surface area contributed by atoms with Crippen LogP contribution in [0.4, 0.5) is 0 Å². The maximum absolute atomic E-state index is 9.82. The summed E-state index contributed by atoms with van der Waals surface area (Å²) in [6, 6.07) is 0. The average Bonchev–Trinajstić information content (AvgIpc) is 2.46. The molecule has 0 aromatic carbocycles. The van der Waals surface area contributed by atoms with Crippen LogP contribution in [0.2, 0.25) is 0 Å². The van der Waals surface area contributed by atoms with Crippen molar-refractivity contribution in [2.24, 2.45) is 0 Å². The SMILES string of the molecule is CCCCOC[C@H](C)OC(CO)[C@@H](OCCCC)[C@@H](C)O. The molecule has 0 aliphatic rings. The summed E-state index contributed by atoms with van der Waals surface area (Å²) in [5.74, 6) is 0. The number of rotatable bonds is 14. The van der Waals surface area contributed by atoms with E-state index in [0.717, 1.165) is 32.3 Å². The van der Waals surface area contributed by atoms with Gasteiger partial charge in [0, 0.05) is 13.2 Å². The molecule has 0 aromatic rings. The summed E-state index contributed by atoms with van der Waals surface area (Å²) < 4.78 is 16.9. The van der Waals surface area contributed by atoms with Crippen molar-refractivity contribution < 1.29 is 24.4 Å². The minimum Gasteiger partial charge on any atom is -0.394 e. The molecule has 128 valence electrons. The van der Waals surface area contributed by atoms with E-state index in [1.54, 1.807) is 6.92 Å². The predicted octanol–water partition coefficient (Wildman–Crippen LogP) is 2.14. The third-order valence-electron chi connectivity index (χ3n) is 3.23. The second-order valence-corrected chi connectivity index (χ2v) is 5.53. The molecule has 0 saturated heterocycles. The first-order valence-electron chi connectivity index (χ1n) is 8.20. The zero-order valence-electron chi connectivity index (χ0n) is 14.1. The van der Waals surface area contributed by atoms with Gasteiger partial charge in [0.05, 0.1) is 25.4 Å². The number of hydrogen-bond acceptors (Lipinski definition) is 5. The summed E-state index contributed by atoms with van der Waals surface area (Å²) >= 11 is 0. The zero-order chi connectivity index (χ0) is 16.1. The van der Waals surface area contributed by atoms with Crippen molar-refractivity contribution >= 4 is 0 Å². The van der Waals surface area contributed by atoms with E-state index in [-0.39, 0.29) is 12.7 Å². The molecule has 0 bridgehead atoms. The van der Waals surface area contributed by atoms with Crippen LogP contribution >= 0.6 is 0 Å². The fourth-order valence-electron chi connectivity index (χ4n) is 1.98. The van der Waals surface area contributed by atoms with Gasteiger partial charge < -0.3 is 24.4 Å². The summed E-state index contributed by atoms with van der Waals surface area (Å²) in [5, 5.41) is 19.3. The Hall–Kier alpha value is -0.200. The molecule has 0 fully saturated rings. The molecular weight excluding hydrogens is 272 g/mol. The van der Waals surface area contributed by atoms with Gasteiger partial charge >= 0.3 is 0 Å². The van der Waals surface area contributed by atoms with Crippen LogP contribution in [0, 0.1) is 0 Å². The first kappa shape index (κ1) is 20.8. The lowest BCUT2D eigenvalue weighted by molar-refractivity contribution is -0.156. The molecule has 4 atom stereocenters. The molecule has 0 amide bonds. The molecule has 0 radical (unpaired) electrons. The summed E-state index contributed by atoms with van der Waals surface area (Å²) in [7, 11) is 0. The van der Waals surface area contributed by atoms with Crippen molar-refractivity contribution in [1.29, 1.82) is 0 Å². The van der Waals surface area contributed by atoms with Gasteiger partial charge in [-0.15, -0.1) is 0 Å². The second-order valence-electron chi connectivity index (χ2n) is 5.53. The monoisotopic (exact) mass is 306 g/mol. The maximum Gasteiger partial charge on any atom is 0.111 e. The lowest BCUT2D eigenvalue weighted by Gasteiger charge is -2.30. The van der Waals surface area contributed by atoms with E-state index in [4.69, 9.17) is 14.2 Å². The van der Waals surface area contributed by atoms with Crippen molar-refractivity contribution in [2.75, 3.05) is 26.4 Å². The molecule has 21 heavy (non-hydrogen) atoms. The van der Waals surface area contributed by atoms with E-state index < -0.39 is 18.3 Å². The average molecular weight is 306 g/mol. The first-order chi connectivity index (χ1) is 10.1. The van der Waals surface area contributed by atoms with E-state index in [1.165, 1.54) is 0 Å². The Kier molecular flexibility index (Phi) is 13.3. The Labute approximate surface area is 129 Å². The van der Waals surface area contributed by atoms with E-state index in [2.05, 4.69) is 13.8 Å². The standard InChI is InChI=1S/C16H34O5/c1-5-7-9-19-12-13(3)21-15(11-17)16(14(4)18)20-10-8-6-2/h13-18H,5-12H2,1-4H3/t13-,14+,15?,16-/m0/s1. The highest BCUT2D eigenvalue weighted by Gasteiger charge is 2.28. The molecule has 5 nitrogen and oxygen atoms in total. The molecule has 0 heterocycles. The topological polar surface area (TPSA) is 68.2 Å². The molecular formula is C16H34O5. The summed E-state index contributed by atoms with van der Waals surface area (Å²) in [5.41, 5.74) is 0. The van der Waals surface area contributed by atoms with Gasteiger partial charge in [0.2, 0.25) is 0 Å². The van der Waals surface area contributed by atoms with Crippen molar-refractivity contribution in [3.05, 3.63) is 0 Å². The van der Waals surface area contributed by atoms with E-state index in [1.807, 2.05) is 6.92 Å². The number of aliphatic hydroxyl groups is 2. The quantitative estimate of drug-likeness (QED) is 0.481. The summed E-state index contributed by atoms with van der Waals surface area (Å²) in [6.45, 7) is 9.35. The van der Waals surface area contributed by atoms with Gasteiger partial charge in [0.1, 0.15) is 12.2 Å². The largest absolute Gasteiger partial charge is 0.394 e. The normalized spacial score (nSPS) is 17.4. The highest BCUT2D eigenvalue weighted by atomic mass is 16.6. The minimum absolute atomic E-state index is 0.143. The number of aliphatic hydroxyl groups excluding tert-OH is 2. The molecule has 1 unspecified atom stereocenters. The van der Waals surface area contributed by atoms with Gasteiger partial charge in [-0.1, -0.05) is 26.7 Å². The fraction of sp³-hybridized carbons (Fsp3) is 1.00. The number of unbranched alkanes of at least 4 members (excludes halogenated alkanes) is 2. The van der Waals surface area contributed by atoms with Gasteiger partial charge in [-0.2, -0.15) is 0 Å². The van der Waals surface area contributed by atoms with Crippen LogP contribution in [0.15, 0.2) is 0 Å². The molecule has 0 saturated carbocycles. The van der Waals surface area contributed by atoms with Crippen LogP contribution in [-0.4, -0.2) is 61.1 Å². The van der Waals surface area contributed by atoms with Crippen molar-refractivity contribution in [1.82, 2.24) is 0 Å². The van der Waals surface area contributed by atoms with Crippen molar-refractivity contribution in [3.8, 4) is 0 Å². The zero-order valence-corrected chi connectivity index (χ0v) is 14.1. The molecule has 0 spiro atoms. The Morgan fingerprint density at radius 3 is 2.14 bits per heavy atom. The Morgan fingerprint density at radius 2 is 1.62 bits per heavy atom. The Morgan fingerprint density at radius 1 is 1.00 bits per heavy atom. The molecule has 5 heteroatoms.